The Bertz CT molecular complexity index is 523. The zero-order valence-corrected chi connectivity index (χ0v) is 16.4. The van der Waals surface area contributed by atoms with Gasteiger partial charge < -0.3 is 15.5 Å². The molecule has 0 spiro atoms. The van der Waals surface area contributed by atoms with Gasteiger partial charge in [-0.1, -0.05) is 12.1 Å². The Morgan fingerprint density at radius 2 is 2.09 bits per heavy atom. The first-order chi connectivity index (χ1) is 10.4. The fourth-order valence-electron chi connectivity index (χ4n) is 2.05. The molecule has 130 valence electrons. The average molecular weight is 436 g/mol. The molecule has 0 atom stereocenters. The molecule has 2 N–H and O–H groups in total. The zero-order chi connectivity index (χ0) is 16.5. The monoisotopic (exact) mass is 436 g/mol. The van der Waals surface area contributed by atoms with Crippen LogP contribution in [-0.2, 0) is 11.3 Å². The van der Waals surface area contributed by atoms with Crippen LogP contribution in [0.1, 0.15) is 25.8 Å². The summed E-state index contributed by atoms with van der Waals surface area (Å²) in [5.74, 6) is 0.423. The van der Waals surface area contributed by atoms with Crippen molar-refractivity contribution in [2.45, 2.75) is 32.9 Å². The fraction of sp³-hybridized carbons (Fsp3) is 0.500. The number of hydrogen-bond acceptors (Lipinski definition) is 2. The van der Waals surface area contributed by atoms with E-state index in [1.54, 1.807) is 13.1 Å². The molecular weight excluding hydrogens is 410 g/mol. The highest BCUT2D eigenvalue weighted by Gasteiger charge is 2.08. The lowest BCUT2D eigenvalue weighted by molar-refractivity contribution is -0.121. The van der Waals surface area contributed by atoms with E-state index >= 15 is 0 Å². The van der Waals surface area contributed by atoms with Gasteiger partial charge in [0.05, 0.1) is 0 Å². The number of carbonyl (C=O) groups excluding carboxylic acids is 1. The number of nitrogens with one attached hydrogen (secondary N) is 2. The zero-order valence-electron chi connectivity index (χ0n) is 14.1. The molecule has 7 heteroatoms. The molecule has 0 bridgehead atoms. The molecule has 5 nitrogen and oxygen atoms in total. The molecule has 0 heterocycles. The van der Waals surface area contributed by atoms with Gasteiger partial charge in [-0.3, -0.25) is 9.79 Å². The average Bonchev–Trinajstić information content (AvgIpc) is 2.42. The van der Waals surface area contributed by atoms with Crippen LogP contribution in [0.3, 0.4) is 0 Å². The largest absolute Gasteiger partial charge is 0.356 e. The third kappa shape index (κ3) is 8.73. The van der Waals surface area contributed by atoms with E-state index in [0.717, 1.165) is 5.56 Å². The smallest absolute Gasteiger partial charge is 0.221 e. The van der Waals surface area contributed by atoms with Gasteiger partial charge in [-0.05, 0) is 31.5 Å². The second kappa shape index (κ2) is 11.2. The quantitative estimate of drug-likeness (QED) is 0.409. The number of benzene rings is 1. The van der Waals surface area contributed by atoms with Crippen molar-refractivity contribution in [2.75, 3.05) is 20.6 Å². The maximum atomic E-state index is 13.2. The predicted octanol–water partition coefficient (Wildman–Crippen LogP) is 2.37. The molecule has 23 heavy (non-hydrogen) atoms. The van der Waals surface area contributed by atoms with E-state index in [4.69, 9.17) is 0 Å². The van der Waals surface area contributed by atoms with Crippen molar-refractivity contribution in [3.63, 3.8) is 0 Å². The summed E-state index contributed by atoms with van der Waals surface area (Å²) in [4.78, 5) is 17.6. The summed E-state index contributed by atoms with van der Waals surface area (Å²) in [6, 6.07) is 6.61. The van der Waals surface area contributed by atoms with Crippen LogP contribution in [0, 0.1) is 5.82 Å². The molecule has 0 saturated heterocycles. The lowest BCUT2D eigenvalue weighted by Crippen LogP contribution is -2.40. The van der Waals surface area contributed by atoms with Crippen molar-refractivity contribution in [3.05, 3.63) is 35.6 Å². The number of aliphatic imine (C=N–C) groups is 1. The third-order valence-corrected chi connectivity index (χ3v) is 2.97. The molecule has 0 aliphatic heterocycles. The van der Waals surface area contributed by atoms with Crippen LogP contribution >= 0.6 is 24.0 Å². The van der Waals surface area contributed by atoms with E-state index in [-0.39, 0.29) is 41.7 Å². The first-order valence-corrected chi connectivity index (χ1v) is 7.38. The van der Waals surface area contributed by atoms with Crippen molar-refractivity contribution >= 4 is 35.8 Å². The van der Waals surface area contributed by atoms with Gasteiger partial charge in [0.1, 0.15) is 5.82 Å². The summed E-state index contributed by atoms with van der Waals surface area (Å²) in [5.41, 5.74) is 0.864. The minimum absolute atomic E-state index is 0. The Hall–Kier alpha value is -1.38. The second-order valence-electron chi connectivity index (χ2n) is 5.43. The van der Waals surface area contributed by atoms with Gasteiger partial charge >= 0.3 is 0 Å². The topological polar surface area (TPSA) is 56.7 Å². The lowest BCUT2D eigenvalue weighted by Gasteiger charge is -2.22. The van der Waals surface area contributed by atoms with Crippen molar-refractivity contribution in [2.24, 2.45) is 4.99 Å². The van der Waals surface area contributed by atoms with Crippen molar-refractivity contribution in [3.8, 4) is 0 Å². The Morgan fingerprint density at radius 3 is 2.65 bits per heavy atom. The van der Waals surface area contributed by atoms with E-state index in [0.29, 0.717) is 25.5 Å². The Labute approximate surface area is 154 Å². The molecule has 0 aliphatic carbocycles. The van der Waals surface area contributed by atoms with Gasteiger partial charge in [0.2, 0.25) is 5.91 Å². The molecule has 1 rings (SSSR count). The SMILES string of the molecule is CN=C(NCCC(=O)NC(C)C)N(C)Cc1cccc(F)c1.I. The highest BCUT2D eigenvalue weighted by Crippen LogP contribution is 2.06. The number of amides is 1. The molecule has 0 unspecified atom stereocenters. The molecule has 0 saturated carbocycles. The van der Waals surface area contributed by atoms with E-state index in [9.17, 15) is 9.18 Å². The minimum Gasteiger partial charge on any atom is -0.356 e. The van der Waals surface area contributed by atoms with Gasteiger partial charge in [-0.15, -0.1) is 24.0 Å². The normalized spacial score (nSPS) is 11.0. The Morgan fingerprint density at radius 1 is 1.39 bits per heavy atom. The highest BCUT2D eigenvalue weighted by atomic mass is 127. The molecule has 1 aromatic rings. The fourth-order valence-corrected chi connectivity index (χ4v) is 2.05. The molecule has 0 aliphatic rings. The van der Waals surface area contributed by atoms with Gasteiger partial charge in [-0.2, -0.15) is 0 Å². The minimum atomic E-state index is -0.251. The molecule has 0 aromatic heterocycles. The van der Waals surface area contributed by atoms with Gasteiger partial charge in [0.25, 0.3) is 0 Å². The van der Waals surface area contributed by atoms with Crippen LogP contribution in [0.15, 0.2) is 29.3 Å². The molecule has 0 fully saturated rings. The van der Waals surface area contributed by atoms with Crippen LogP contribution in [0.2, 0.25) is 0 Å². The Kier molecular flexibility index (Phi) is 10.5. The second-order valence-corrected chi connectivity index (χ2v) is 5.43. The van der Waals surface area contributed by atoms with E-state index in [1.807, 2.05) is 31.9 Å². The number of guanidine groups is 1. The summed E-state index contributed by atoms with van der Waals surface area (Å²) >= 11 is 0. The van der Waals surface area contributed by atoms with Crippen LogP contribution < -0.4 is 10.6 Å². The van der Waals surface area contributed by atoms with Gasteiger partial charge in [-0.25, -0.2) is 4.39 Å². The summed E-state index contributed by atoms with van der Waals surface area (Å²) in [6.45, 7) is 4.89. The summed E-state index contributed by atoms with van der Waals surface area (Å²) < 4.78 is 13.2. The van der Waals surface area contributed by atoms with E-state index in [2.05, 4.69) is 15.6 Å². The summed E-state index contributed by atoms with van der Waals surface area (Å²) in [6.07, 6.45) is 0.380. The number of halogens is 2. The van der Waals surface area contributed by atoms with Crippen LogP contribution in [0.4, 0.5) is 4.39 Å². The summed E-state index contributed by atoms with van der Waals surface area (Å²) in [5, 5.41) is 5.97. The molecule has 0 radical (unpaired) electrons. The third-order valence-electron chi connectivity index (χ3n) is 2.97. The number of nitrogens with zero attached hydrogens (tertiary/aromatic N) is 2. The van der Waals surface area contributed by atoms with Crippen molar-refractivity contribution in [1.82, 2.24) is 15.5 Å². The Balaban J connectivity index is 0.00000484. The van der Waals surface area contributed by atoms with Crippen molar-refractivity contribution in [1.29, 1.82) is 0 Å². The molecule has 1 aromatic carbocycles. The van der Waals surface area contributed by atoms with Gasteiger partial charge in [0, 0.05) is 39.6 Å². The standard InChI is InChI=1S/C16H25FN4O.HI/c1-12(2)20-15(22)8-9-19-16(18-3)21(4)11-13-6-5-7-14(17)10-13;/h5-7,10,12H,8-9,11H2,1-4H3,(H,18,19)(H,20,22);1H. The maximum Gasteiger partial charge on any atom is 0.221 e. The lowest BCUT2D eigenvalue weighted by atomic mass is 10.2. The molecule has 1 amide bonds. The summed E-state index contributed by atoms with van der Waals surface area (Å²) in [7, 11) is 3.55. The van der Waals surface area contributed by atoms with E-state index < -0.39 is 0 Å². The van der Waals surface area contributed by atoms with Crippen LogP contribution in [-0.4, -0.2) is 43.4 Å². The number of hydrogen-bond donors (Lipinski definition) is 2. The van der Waals surface area contributed by atoms with Crippen LogP contribution in [0.5, 0.6) is 0 Å². The first kappa shape index (κ1) is 21.6. The highest BCUT2D eigenvalue weighted by molar-refractivity contribution is 14.0. The first-order valence-electron chi connectivity index (χ1n) is 7.38. The molecular formula is C16H26FIN4O. The van der Waals surface area contributed by atoms with E-state index in [1.165, 1.54) is 12.1 Å². The van der Waals surface area contributed by atoms with Gasteiger partial charge in [0.15, 0.2) is 5.96 Å². The predicted molar refractivity (Wildman–Crippen MR) is 103 cm³/mol. The van der Waals surface area contributed by atoms with Crippen LogP contribution in [0.25, 0.3) is 0 Å². The number of carbonyl (C=O) groups is 1. The van der Waals surface area contributed by atoms with Crippen molar-refractivity contribution < 1.29 is 9.18 Å². The number of rotatable bonds is 6. The maximum absolute atomic E-state index is 13.2.